The van der Waals surface area contributed by atoms with Crippen LogP contribution in [0.4, 0.5) is 5.69 Å². The van der Waals surface area contributed by atoms with E-state index < -0.39 is 5.41 Å². The summed E-state index contributed by atoms with van der Waals surface area (Å²) in [6.07, 6.45) is 2.08. The number of thioether (sulfide) groups is 1. The van der Waals surface area contributed by atoms with Gasteiger partial charge < -0.3 is 0 Å². The number of amides is 1. The number of para-hydroxylation sites is 1. The minimum Gasteiger partial charge on any atom is -0.291 e. The fraction of sp³-hybridized carbons (Fsp3) is 0.278. The summed E-state index contributed by atoms with van der Waals surface area (Å²) >= 11 is 1.73. The van der Waals surface area contributed by atoms with Crippen molar-refractivity contribution >= 4 is 23.4 Å². The zero-order valence-electron chi connectivity index (χ0n) is 12.5. The Morgan fingerprint density at radius 1 is 0.905 bits per heavy atom. The topological polar surface area (TPSA) is 20.3 Å². The normalized spacial score (nSPS) is 23.8. The number of β-lactam (4-membered cyclic amide) rings is 1. The van der Waals surface area contributed by atoms with Crippen molar-refractivity contribution in [2.45, 2.75) is 18.7 Å². The van der Waals surface area contributed by atoms with E-state index in [-0.39, 0.29) is 10.8 Å². The van der Waals surface area contributed by atoms with Gasteiger partial charge in [-0.1, -0.05) is 48.5 Å². The molecule has 21 heavy (non-hydrogen) atoms. The first kappa shape index (κ1) is 14.2. The van der Waals surface area contributed by atoms with Gasteiger partial charge in [-0.05, 0) is 37.8 Å². The molecule has 3 heteroatoms. The Kier molecular flexibility index (Phi) is 3.33. The summed E-state index contributed by atoms with van der Waals surface area (Å²) in [6, 6.07) is 20.2. The molecule has 0 saturated carbocycles. The van der Waals surface area contributed by atoms with Crippen LogP contribution in [0, 0.1) is 5.41 Å². The number of nitrogens with zero attached hydrogens (tertiary/aromatic N) is 1. The molecule has 1 aliphatic rings. The fourth-order valence-electron chi connectivity index (χ4n) is 3.29. The highest BCUT2D eigenvalue weighted by molar-refractivity contribution is 7.99. The lowest BCUT2D eigenvalue weighted by molar-refractivity contribution is -0.139. The Balaban J connectivity index is 2.18. The average Bonchev–Trinajstić information content (AvgIpc) is 2.53. The minimum atomic E-state index is -0.427. The average molecular weight is 297 g/mol. The Labute approximate surface area is 130 Å². The number of carbonyl (C=O) groups excluding carboxylic acids is 1. The maximum Gasteiger partial charge on any atom is 0.237 e. The highest BCUT2D eigenvalue weighted by atomic mass is 32.2. The van der Waals surface area contributed by atoms with Gasteiger partial charge in [0.15, 0.2) is 0 Å². The third-order valence-electron chi connectivity index (χ3n) is 4.37. The summed E-state index contributed by atoms with van der Waals surface area (Å²) in [4.78, 5) is 14.3. The van der Waals surface area contributed by atoms with E-state index in [9.17, 15) is 4.79 Å². The summed E-state index contributed by atoms with van der Waals surface area (Å²) in [5.41, 5.74) is 1.70. The van der Waals surface area contributed by atoms with Crippen molar-refractivity contribution in [3.05, 3.63) is 66.2 Å². The van der Waals surface area contributed by atoms with E-state index in [1.165, 1.54) is 5.56 Å². The van der Waals surface area contributed by atoms with Crippen LogP contribution >= 0.6 is 11.8 Å². The lowest BCUT2D eigenvalue weighted by atomic mass is 9.69. The summed E-state index contributed by atoms with van der Waals surface area (Å²) < 4.78 is 0. The monoisotopic (exact) mass is 297 g/mol. The van der Waals surface area contributed by atoms with E-state index in [2.05, 4.69) is 18.4 Å². The second kappa shape index (κ2) is 4.92. The lowest BCUT2D eigenvalue weighted by Crippen LogP contribution is -2.72. The highest BCUT2D eigenvalue weighted by Crippen LogP contribution is 2.61. The Morgan fingerprint density at radius 3 is 1.95 bits per heavy atom. The molecule has 2 aromatic rings. The largest absolute Gasteiger partial charge is 0.291 e. The van der Waals surface area contributed by atoms with E-state index in [0.29, 0.717) is 0 Å². The predicted octanol–water partition coefficient (Wildman–Crippen LogP) is 4.28. The van der Waals surface area contributed by atoms with Gasteiger partial charge in [-0.2, -0.15) is 0 Å². The summed E-state index contributed by atoms with van der Waals surface area (Å²) in [5.74, 6) is 0.173. The second-order valence-corrected chi connectivity index (χ2v) is 6.81. The highest BCUT2D eigenvalue weighted by Gasteiger charge is 2.67. The maximum absolute atomic E-state index is 12.7. The molecule has 3 rings (SSSR count). The van der Waals surface area contributed by atoms with E-state index in [4.69, 9.17) is 0 Å². The van der Waals surface area contributed by atoms with Crippen LogP contribution in [-0.2, 0) is 9.67 Å². The van der Waals surface area contributed by atoms with Crippen molar-refractivity contribution in [3.63, 3.8) is 0 Å². The number of hydrogen-bond acceptors (Lipinski definition) is 2. The summed E-state index contributed by atoms with van der Waals surface area (Å²) in [7, 11) is 0. The van der Waals surface area contributed by atoms with Gasteiger partial charge in [0.05, 0.1) is 5.41 Å². The van der Waals surface area contributed by atoms with Crippen LogP contribution in [0.15, 0.2) is 60.7 Å². The molecule has 1 amide bonds. The number of carbonyl (C=O) groups is 1. The summed E-state index contributed by atoms with van der Waals surface area (Å²) in [6.45, 7) is 4.08. The number of rotatable bonds is 3. The van der Waals surface area contributed by atoms with Crippen molar-refractivity contribution in [1.29, 1.82) is 0 Å². The third-order valence-corrected chi connectivity index (χ3v) is 5.89. The molecule has 1 heterocycles. The quantitative estimate of drug-likeness (QED) is 0.788. The fourth-order valence-corrected chi connectivity index (χ4v) is 4.63. The molecule has 1 atom stereocenters. The van der Waals surface area contributed by atoms with Crippen molar-refractivity contribution in [3.8, 4) is 0 Å². The molecular formula is C18H19NOS. The SMILES string of the molecule is CSC1(c2ccccc2)N(c2ccccc2)C(=O)C1(C)C. The van der Waals surface area contributed by atoms with Crippen LogP contribution in [0.3, 0.4) is 0 Å². The molecule has 1 unspecified atom stereocenters. The smallest absolute Gasteiger partial charge is 0.237 e. The molecule has 1 saturated heterocycles. The van der Waals surface area contributed by atoms with Gasteiger partial charge in [0.25, 0.3) is 0 Å². The molecule has 0 aliphatic carbocycles. The van der Waals surface area contributed by atoms with Gasteiger partial charge in [0.1, 0.15) is 4.87 Å². The molecule has 0 radical (unpaired) electrons. The van der Waals surface area contributed by atoms with Crippen molar-refractivity contribution in [2.75, 3.05) is 11.2 Å². The van der Waals surface area contributed by atoms with Gasteiger partial charge in [-0.15, -0.1) is 11.8 Å². The van der Waals surface area contributed by atoms with E-state index in [1.807, 2.05) is 67.3 Å². The minimum absolute atomic E-state index is 0.173. The van der Waals surface area contributed by atoms with Crippen molar-refractivity contribution < 1.29 is 4.79 Å². The standard InChI is InChI=1S/C18H19NOS/c1-17(2)16(20)19(15-12-8-5-9-13-15)18(17,21-3)14-10-6-4-7-11-14/h4-13H,1-3H3. The van der Waals surface area contributed by atoms with Gasteiger partial charge >= 0.3 is 0 Å². The van der Waals surface area contributed by atoms with Gasteiger partial charge in [-0.25, -0.2) is 0 Å². The van der Waals surface area contributed by atoms with Crippen LogP contribution in [0.25, 0.3) is 0 Å². The van der Waals surface area contributed by atoms with E-state index >= 15 is 0 Å². The number of benzene rings is 2. The Morgan fingerprint density at radius 2 is 1.43 bits per heavy atom. The van der Waals surface area contributed by atoms with Gasteiger partial charge in [0, 0.05) is 5.69 Å². The van der Waals surface area contributed by atoms with E-state index in [1.54, 1.807) is 11.8 Å². The van der Waals surface area contributed by atoms with Gasteiger partial charge in [-0.3, -0.25) is 9.69 Å². The molecule has 108 valence electrons. The van der Waals surface area contributed by atoms with Crippen LogP contribution in [-0.4, -0.2) is 12.2 Å². The number of hydrogen-bond donors (Lipinski definition) is 0. The van der Waals surface area contributed by atoms with Crippen molar-refractivity contribution in [2.24, 2.45) is 5.41 Å². The third kappa shape index (κ3) is 1.77. The first-order valence-electron chi connectivity index (χ1n) is 7.06. The zero-order chi connectivity index (χ0) is 15.1. The molecule has 2 aromatic carbocycles. The molecule has 1 aliphatic heterocycles. The molecule has 0 spiro atoms. The van der Waals surface area contributed by atoms with Crippen LogP contribution in [0.2, 0.25) is 0 Å². The van der Waals surface area contributed by atoms with Crippen LogP contribution < -0.4 is 4.90 Å². The predicted molar refractivity (Wildman–Crippen MR) is 89.3 cm³/mol. The van der Waals surface area contributed by atoms with Crippen LogP contribution in [0.5, 0.6) is 0 Å². The first-order valence-corrected chi connectivity index (χ1v) is 8.28. The molecule has 0 aromatic heterocycles. The Hall–Kier alpha value is -1.74. The molecule has 0 bridgehead atoms. The van der Waals surface area contributed by atoms with E-state index in [0.717, 1.165) is 5.69 Å². The first-order chi connectivity index (χ1) is 10.1. The molecular weight excluding hydrogens is 278 g/mol. The van der Waals surface area contributed by atoms with Crippen LogP contribution in [0.1, 0.15) is 19.4 Å². The Bertz CT molecular complexity index is 653. The lowest BCUT2D eigenvalue weighted by Gasteiger charge is -2.62. The molecule has 1 fully saturated rings. The maximum atomic E-state index is 12.7. The summed E-state index contributed by atoms with van der Waals surface area (Å²) in [5, 5.41) is 0. The van der Waals surface area contributed by atoms with Gasteiger partial charge in [0.2, 0.25) is 5.91 Å². The molecule has 2 nitrogen and oxygen atoms in total. The second-order valence-electron chi connectivity index (χ2n) is 5.82. The number of anilines is 1. The molecule has 0 N–H and O–H groups in total. The van der Waals surface area contributed by atoms with Crippen molar-refractivity contribution in [1.82, 2.24) is 0 Å². The zero-order valence-corrected chi connectivity index (χ0v) is 13.4.